The second-order valence-corrected chi connectivity index (χ2v) is 5.78. The van der Waals surface area contributed by atoms with Crippen LogP contribution >= 0.6 is 0 Å². The molecule has 0 aliphatic rings. The largest absolute Gasteiger partial charge is 0.400 e. The summed E-state index contributed by atoms with van der Waals surface area (Å²) in [6, 6.07) is 5.31. The van der Waals surface area contributed by atoms with Crippen molar-refractivity contribution in [1.82, 2.24) is 35.0 Å². The fourth-order valence-electron chi connectivity index (χ4n) is 2.34. The highest BCUT2D eigenvalue weighted by Gasteiger charge is 2.12. The van der Waals surface area contributed by atoms with Gasteiger partial charge in [0.15, 0.2) is 12.1 Å². The molecule has 29 heavy (non-hydrogen) atoms. The monoisotopic (exact) mass is 404 g/mol. The van der Waals surface area contributed by atoms with Crippen molar-refractivity contribution >= 4 is 18.0 Å². The Balaban J connectivity index is 0.00000145. The molecule has 0 fully saturated rings. The molecule has 0 radical (unpaired) electrons. The maximum Gasteiger partial charge on any atom is 0.231 e. The summed E-state index contributed by atoms with van der Waals surface area (Å²) in [6.45, 7) is 0.267. The van der Waals surface area contributed by atoms with E-state index in [-0.39, 0.29) is 43.4 Å². The zero-order chi connectivity index (χ0) is 21.1. The fourth-order valence-corrected chi connectivity index (χ4v) is 2.34. The fraction of sp³-hybridized carbons (Fsp3) is 0.353. The lowest BCUT2D eigenvalue weighted by Crippen LogP contribution is -2.16. The second-order valence-electron chi connectivity index (χ2n) is 5.78. The molecule has 0 saturated heterocycles. The van der Waals surface area contributed by atoms with E-state index in [2.05, 4.69) is 30.9 Å². The van der Waals surface area contributed by atoms with Crippen LogP contribution in [-0.2, 0) is 24.3 Å². The number of amides is 1. The molecule has 1 unspecified atom stereocenters. The van der Waals surface area contributed by atoms with Crippen molar-refractivity contribution in [2.45, 2.75) is 32.1 Å². The van der Waals surface area contributed by atoms with Gasteiger partial charge < -0.3 is 10.4 Å². The number of aliphatic hydroxyl groups excluding tert-OH is 1. The van der Waals surface area contributed by atoms with Gasteiger partial charge in [0.2, 0.25) is 5.91 Å². The van der Waals surface area contributed by atoms with E-state index in [4.69, 9.17) is 5.11 Å². The van der Waals surface area contributed by atoms with Crippen LogP contribution in [0.15, 0.2) is 36.8 Å². The number of aromatic nitrogens is 7. The molecule has 3 aromatic heterocycles. The van der Waals surface area contributed by atoms with Crippen LogP contribution in [0.2, 0.25) is 0 Å². The smallest absolute Gasteiger partial charge is 0.231 e. The van der Waals surface area contributed by atoms with Gasteiger partial charge in [-0.15, -0.1) is 10.2 Å². The number of aldehydes is 1. The molecule has 1 atom stereocenters. The minimum absolute atomic E-state index is 0.0155. The summed E-state index contributed by atoms with van der Waals surface area (Å²) in [5.41, 5.74) is 0.838. The van der Waals surface area contributed by atoms with Crippen LogP contribution < -0.4 is 5.32 Å². The average molecular weight is 404 g/mol. The van der Waals surface area contributed by atoms with E-state index < -0.39 is 6.17 Å². The summed E-state index contributed by atoms with van der Waals surface area (Å²) < 4.78 is 16.8. The van der Waals surface area contributed by atoms with Crippen molar-refractivity contribution in [2.24, 2.45) is 0 Å². The van der Waals surface area contributed by atoms with Crippen LogP contribution in [0.25, 0.3) is 0 Å². The lowest BCUT2D eigenvalue weighted by Gasteiger charge is -2.07. The van der Waals surface area contributed by atoms with Gasteiger partial charge in [0, 0.05) is 32.0 Å². The predicted molar refractivity (Wildman–Crippen MR) is 99.7 cm³/mol. The number of nitrogens with zero attached hydrogens (tertiary/aromatic N) is 7. The molecule has 0 bridgehead atoms. The molecule has 1 amide bonds. The van der Waals surface area contributed by atoms with Gasteiger partial charge in [-0.2, -0.15) is 0 Å². The van der Waals surface area contributed by atoms with Gasteiger partial charge in [0.25, 0.3) is 0 Å². The van der Waals surface area contributed by atoms with E-state index >= 15 is 0 Å². The summed E-state index contributed by atoms with van der Waals surface area (Å²) in [5, 5.41) is 24.5. The van der Waals surface area contributed by atoms with Crippen LogP contribution in [0, 0.1) is 0 Å². The van der Waals surface area contributed by atoms with E-state index in [0.29, 0.717) is 12.0 Å². The first-order chi connectivity index (χ1) is 14.1. The molecular weight excluding hydrogens is 383 g/mol. The van der Waals surface area contributed by atoms with E-state index in [1.165, 1.54) is 21.8 Å². The summed E-state index contributed by atoms with van der Waals surface area (Å²) in [7, 11) is 1.00. The number of rotatable bonds is 9. The van der Waals surface area contributed by atoms with Gasteiger partial charge in [-0.3, -0.25) is 19.3 Å². The molecule has 3 aromatic rings. The zero-order valence-electron chi connectivity index (χ0n) is 15.7. The van der Waals surface area contributed by atoms with Crippen LogP contribution in [0.5, 0.6) is 0 Å². The third kappa shape index (κ3) is 7.18. The molecule has 0 aliphatic heterocycles. The summed E-state index contributed by atoms with van der Waals surface area (Å²) in [6.07, 6.45) is 4.18. The maximum atomic E-state index is 14.1. The van der Waals surface area contributed by atoms with Crippen LogP contribution in [0.3, 0.4) is 0 Å². The number of halogens is 1. The van der Waals surface area contributed by atoms with Crippen LogP contribution in [0.1, 0.15) is 22.6 Å². The van der Waals surface area contributed by atoms with Crippen LogP contribution in [-0.4, -0.2) is 65.6 Å². The van der Waals surface area contributed by atoms with E-state index in [1.807, 2.05) is 0 Å². The Morgan fingerprint density at radius 2 is 2.03 bits per heavy atom. The molecular formula is C17H21FN8O3. The highest BCUT2D eigenvalue weighted by atomic mass is 19.1. The Kier molecular flexibility index (Phi) is 8.51. The molecule has 3 rings (SSSR count). The third-order valence-electron chi connectivity index (χ3n) is 3.61. The molecule has 0 aromatic carbocycles. The zero-order valence-corrected chi connectivity index (χ0v) is 15.7. The molecule has 3 heterocycles. The molecule has 0 aliphatic carbocycles. The van der Waals surface area contributed by atoms with Gasteiger partial charge in [0.1, 0.15) is 11.9 Å². The van der Waals surface area contributed by atoms with Crippen molar-refractivity contribution in [3.05, 3.63) is 48.2 Å². The standard InChI is InChI=1S/C16H17FN8O2.CH4O/c17-12(4-6-24-9-14(11-26)20-22-24)8-25-10-15(21-23-25)19-16(27)7-13-3-1-2-5-18-13;1-2/h1-3,5,9-12H,4,6-8H2,(H,19,27);2H,1H3. The lowest BCUT2D eigenvalue weighted by molar-refractivity contribution is -0.115. The predicted octanol–water partition coefficient (Wildman–Crippen LogP) is 0.295. The Bertz CT molecular complexity index is 899. The van der Waals surface area contributed by atoms with Crippen molar-refractivity contribution in [1.29, 1.82) is 0 Å². The highest BCUT2D eigenvalue weighted by molar-refractivity contribution is 5.90. The molecule has 0 saturated carbocycles. The van der Waals surface area contributed by atoms with Crippen molar-refractivity contribution in [3.63, 3.8) is 0 Å². The molecule has 11 nitrogen and oxygen atoms in total. The Morgan fingerprint density at radius 3 is 2.72 bits per heavy atom. The Morgan fingerprint density at radius 1 is 1.24 bits per heavy atom. The van der Waals surface area contributed by atoms with Gasteiger partial charge in [-0.25, -0.2) is 9.07 Å². The number of alkyl halides is 1. The van der Waals surface area contributed by atoms with Gasteiger partial charge in [0.05, 0.1) is 25.4 Å². The maximum absolute atomic E-state index is 14.1. The summed E-state index contributed by atoms with van der Waals surface area (Å²) in [5.74, 6) is -0.0373. The number of carbonyl (C=O) groups is 2. The van der Waals surface area contributed by atoms with Crippen molar-refractivity contribution in [2.75, 3.05) is 12.4 Å². The van der Waals surface area contributed by atoms with E-state index in [0.717, 1.165) is 7.11 Å². The lowest BCUT2D eigenvalue weighted by atomic mass is 10.2. The highest BCUT2D eigenvalue weighted by Crippen LogP contribution is 2.07. The van der Waals surface area contributed by atoms with Crippen LogP contribution in [0.4, 0.5) is 10.2 Å². The normalized spacial score (nSPS) is 11.3. The van der Waals surface area contributed by atoms with Crippen molar-refractivity contribution in [3.8, 4) is 0 Å². The third-order valence-corrected chi connectivity index (χ3v) is 3.61. The molecule has 0 spiro atoms. The van der Waals surface area contributed by atoms with Crippen molar-refractivity contribution < 1.29 is 19.1 Å². The van der Waals surface area contributed by atoms with Gasteiger partial charge in [-0.1, -0.05) is 16.5 Å². The first kappa shape index (κ1) is 21.8. The quantitative estimate of drug-likeness (QED) is 0.485. The first-order valence-electron chi connectivity index (χ1n) is 8.66. The number of hydrogen-bond acceptors (Lipinski definition) is 8. The minimum atomic E-state index is -1.20. The first-order valence-corrected chi connectivity index (χ1v) is 8.66. The van der Waals surface area contributed by atoms with Gasteiger partial charge >= 0.3 is 0 Å². The molecule has 2 N–H and O–H groups in total. The number of nitrogens with one attached hydrogen (secondary N) is 1. The number of anilines is 1. The second kappa shape index (κ2) is 11.3. The summed E-state index contributed by atoms with van der Waals surface area (Å²) in [4.78, 5) is 26.6. The van der Waals surface area contributed by atoms with E-state index in [9.17, 15) is 14.0 Å². The molecule has 154 valence electrons. The Hall–Kier alpha value is -3.54. The number of carbonyl (C=O) groups excluding carboxylic acids is 2. The summed E-state index contributed by atoms with van der Waals surface area (Å²) >= 11 is 0. The van der Waals surface area contributed by atoms with Gasteiger partial charge in [-0.05, 0) is 12.1 Å². The molecule has 12 heteroatoms. The van der Waals surface area contributed by atoms with E-state index in [1.54, 1.807) is 24.4 Å². The number of aryl methyl sites for hydroxylation is 1. The number of pyridine rings is 1. The number of hydrogen-bond donors (Lipinski definition) is 2. The minimum Gasteiger partial charge on any atom is -0.400 e. The number of aliphatic hydroxyl groups is 1. The SMILES string of the molecule is CO.O=Cc1cn(CCC(F)Cn2cc(NC(=O)Cc3ccccn3)nn2)nn1. The average Bonchev–Trinajstić information content (AvgIpc) is 3.38. The topological polar surface area (TPSA) is 141 Å². The Labute approximate surface area is 165 Å².